The number of benzene rings is 1. The highest BCUT2D eigenvalue weighted by atomic mass is 35.5. The first kappa shape index (κ1) is 16.4. The fourth-order valence-electron chi connectivity index (χ4n) is 2.36. The molecule has 1 aliphatic carbocycles. The minimum atomic E-state index is -0.844. The van der Waals surface area contributed by atoms with Crippen LogP contribution in [-0.4, -0.2) is 16.4 Å². The molecule has 3 N–H and O–H groups in total. The van der Waals surface area contributed by atoms with Gasteiger partial charge in [0.2, 0.25) is 5.91 Å². The molecule has 0 spiro atoms. The van der Waals surface area contributed by atoms with E-state index in [0.717, 1.165) is 19.3 Å². The van der Waals surface area contributed by atoms with Gasteiger partial charge in [-0.1, -0.05) is 25.3 Å². The monoisotopic (exact) mass is 299 g/mol. The first-order chi connectivity index (χ1) is 9.01. The number of carbonyl (C=O) groups is 1. The van der Waals surface area contributed by atoms with E-state index in [0.29, 0.717) is 18.5 Å². The maximum atomic E-state index is 12.2. The lowest BCUT2D eigenvalue weighted by molar-refractivity contribution is -0.384. The molecule has 6 nitrogen and oxygen atoms in total. The van der Waals surface area contributed by atoms with Crippen molar-refractivity contribution in [2.45, 2.75) is 37.6 Å². The summed E-state index contributed by atoms with van der Waals surface area (Å²) < 4.78 is 0. The van der Waals surface area contributed by atoms with Crippen molar-refractivity contribution >= 4 is 29.7 Å². The zero-order valence-electron chi connectivity index (χ0n) is 11.0. The minimum Gasteiger partial charge on any atom is -0.324 e. The lowest BCUT2D eigenvalue weighted by Gasteiger charge is -2.31. The molecule has 1 aliphatic rings. The molecule has 0 bridgehead atoms. The number of halogens is 1. The number of rotatable bonds is 3. The topological polar surface area (TPSA) is 98.3 Å². The highest BCUT2D eigenvalue weighted by molar-refractivity contribution is 5.98. The number of nitrogens with zero attached hydrogens (tertiary/aromatic N) is 1. The third-order valence-electron chi connectivity index (χ3n) is 3.51. The first-order valence-electron chi connectivity index (χ1n) is 6.36. The Hall–Kier alpha value is -1.66. The number of hydrogen-bond acceptors (Lipinski definition) is 4. The van der Waals surface area contributed by atoms with Crippen molar-refractivity contribution in [3.05, 3.63) is 34.4 Å². The number of nitro groups is 1. The highest BCUT2D eigenvalue weighted by Crippen LogP contribution is 2.27. The van der Waals surface area contributed by atoms with Gasteiger partial charge in [0.25, 0.3) is 5.69 Å². The van der Waals surface area contributed by atoms with Crippen LogP contribution in [0.2, 0.25) is 0 Å². The molecular weight excluding hydrogens is 282 g/mol. The number of non-ortho nitro benzene ring substituents is 1. The Morgan fingerprint density at radius 1 is 1.30 bits per heavy atom. The molecule has 1 aromatic carbocycles. The molecule has 1 fully saturated rings. The second kappa shape index (κ2) is 6.67. The molecule has 20 heavy (non-hydrogen) atoms. The van der Waals surface area contributed by atoms with Gasteiger partial charge in [0.1, 0.15) is 0 Å². The van der Waals surface area contributed by atoms with E-state index in [1.165, 1.54) is 18.2 Å². The summed E-state index contributed by atoms with van der Waals surface area (Å²) in [6, 6.07) is 5.88. The SMILES string of the molecule is Cl.NC1(C(=O)Nc2cccc([N+](=O)[O-])c2)CCCCC1. The molecule has 0 atom stereocenters. The maximum absolute atomic E-state index is 12.2. The van der Waals surface area contributed by atoms with Gasteiger partial charge in [0.05, 0.1) is 10.5 Å². The first-order valence-corrected chi connectivity index (χ1v) is 6.36. The summed E-state index contributed by atoms with van der Waals surface area (Å²) in [6.07, 6.45) is 4.31. The summed E-state index contributed by atoms with van der Waals surface area (Å²) in [6.45, 7) is 0. The van der Waals surface area contributed by atoms with Crippen LogP contribution in [0.25, 0.3) is 0 Å². The van der Waals surface area contributed by atoms with Crippen LogP contribution in [0, 0.1) is 10.1 Å². The van der Waals surface area contributed by atoms with Crippen LogP contribution in [0.15, 0.2) is 24.3 Å². The third-order valence-corrected chi connectivity index (χ3v) is 3.51. The van der Waals surface area contributed by atoms with E-state index in [9.17, 15) is 14.9 Å². The van der Waals surface area contributed by atoms with E-state index < -0.39 is 10.5 Å². The number of nitro benzene ring substituents is 1. The number of nitrogens with two attached hydrogens (primary N) is 1. The molecular formula is C13H18ClN3O3. The van der Waals surface area contributed by atoms with Crippen molar-refractivity contribution in [3.8, 4) is 0 Å². The predicted molar refractivity (Wildman–Crippen MR) is 79.0 cm³/mol. The van der Waals surface area contributed by atoms with Gasteiger partial charge in [-0.3, -0.25) is 14.9 Å². The molecule has 0 aliphatic heterocycles. The van der Waals surface area contributed by atoms with Gasteiger partial charge in [0, 0.05) is 17.8 Å². The highest BCUT2D eigenvalue weighted by Gasteiger charge is 2.35. The largest absolute Gasteiger partial charge is 0.324 e. The van der Waals surface area contributed by atoms with Crippen molar-refractivity contribution < 1.29 is 9.72 Å². The van der Waals surface area contributed by atoms with E-state index in [-0.39, 0.29) is 24.0 Å². The number of carbonyl (C=O) groups excluding carboxylic acids is 1. The van der Waals surface area contributed by atoms with Crippen molar-refractivity contribution in [3.63, 3.8) is 0 Å². The molecule has 0 saturated heterocycles. The Morgan fingerprint density at radius 2 is 1.95 bits per heavy atom. The van der Waals surface area contributed by atoms with Gasteiger partial charge in [-0.05, 0) is 18.9 Å². The molecule has 0 heterocycles. The average molecular weight is 300 g/mol. The van der Waals surface area contributed by atoms with Crippen molar-refractivity contribution in [2.75, 3.05) is 5.32 Å². The van der Waals surface area contributed by atoms with Crippen LogP contribution < -0.4 is 11.1 Å². The normalized spacial score (nSPS) is 16.9. The van der Waals surface area contributed by atoms with Gasteiger partial charge >= 0.3 is 0 Å². The second-order valence-electron chi connectivity index (χ2n) is 4.98. The Labute approximate surface area is 123 Å². The molecule has 2 rings (SSSR count). The van der Waals surface area contributed by atoms with Crippen LogP contribution >= 0.6 is 12.4 Å². The fourth-order valence-corrected chi connectivity index (χ4v) is 2.36. The Morgan fingerprint density at radius 3 is 2.55 bits per heavy atom. The van der Waals surface area contributed by atoms with Crippen LogP contribution in [0.5, 0.6) is 0 Å². The van der Waals surface area contributed by atoms with Crippen LogP contribution in [0.3, 0.4) is 0 Å². The lowest BCUT2D eigenvalue weighted by atomic mass is 9.82. The quantitative estimate of drug-likeness (QED) is 0.662. The van der Waals surface area contributed by atoms with Crippen molar-refractivity contribution in [1.82, 2.24) is 0 Å². The molecule has 0 unspecified atom stereocenters. The van der Waals surface area contributed by atoms with Crippen molar-refractivity contribution in [2.24, 2.45) is 5.73 Å². The molecule has 7 heteroatoms. The van der Waals surface area contributed by atoms with Gasteiger partial charge in [-0.25, -0.2) is 0 Å². The van der Waals surface area contributed by atoms with Gasteiger partial charge in [0.15, 0.2) is 0 Å². The Kier molecular flexibility index (Phi) is 5.47. The molecule has 1 saturated carbocycles. The van der Waals surface area contributed by atoms with E-state index >= 15 is 0 Å². The third kappa shape index (κ3) is 3.68. The number of hydrogen-bond donors (Lipinski definition) is 2. The van der Waals surface area contributed by atoms with Gasteiger partial charge in [-0.15, -0.1) is 12.4 Å². The molecule has 1 amide bonds. The minimum absolute atomic E-state index is 0. The molecule has 0 radical (unpaired) electrons. The Balaban J connectivity index is 0.00000200. The van der Waals surface area contributed by atoms with Crippen LogP contribution in [0.1, 0.15) is 32.1 Å². The maximum Gasteiger partial charge on any atom is 0.271 e. The van der Waals surface area contributed by atoms with Crippen molar-refractivity contribution in [1.29, 1.82) is 0 Å². The van der Waals surface area contributed by atoms with Crippen LogP contribution in [0.4, 0.5) is 11.4 Å². The Bertz CT molecular complexity index is 501. The molecule has 0 aromatic heterocycles. The van der Waals surface area contributed by atoms with E-state index in [1.54, 1.807) is 6.07 Å². The fraction of sp³-hybridized carbons (Fsp3) is 0.462. The number of nitrogens with one attached hydrogen (secondary N) is 1. The standard InChI is InChI=1S/C13H17N3O3.ClH/c14-13(7-2-1-3-8-13)12(17)15-10-5-4-6-11(9-10)16(18)19;/h4-6,9H,1-3,7-8,14H2,(H,15,17);1H. The lowest BCUT2D eigenvalue weighted by Crippen LogP contribution is -2.52. The second-order valence-corrected chi connectivity index (χ2v) is 4.98. The van der Waals surface area contributed by atoms with Gasteiger partial charge < -0.3 is 11.1 Å². The average Bonchev–Trinajstić information content (AvgIpc) is 2.40. The zero-order valence-corrected chi connectivity index (χ0v) is 11.8. The number of anilines is 1. The summed E-state index contributed by atoms with van der Waals surface area (Å²) in [5.74, 6) is -0.257. The van der Waals surface area contributed by atoms with E-state index in [2.05, 4.69) is 5.32 Å². The summed E-state index contributed by atoms with van der Waals surface area (Å²) >= 11 is 0. The smallest absolute Gasteiger partial charge is 0.271 e. The van der Waals surface area contributed by atoms with Gasteiger partial charge in [-0.2, -0.15) is 0 Å². The van der Waals surface area contributed by atoms with E-state index in [4.69, 9.17) is 5.73 Å². The molecule has 110 valence electrons. The summed E-state index contributed by atoms with van der Waals surface area (Å²) in [4.78, 5) is 22.3. The predicted octanol–water partition coefficient (Wildman–Crippen LogP) is 2.62. The summed E-state index contributed by atoms with van der Waals surface area (Å²) in [5, 5.41) is 13.4. The summed E-state index contributed by atoms with van der Waals surface area (Å²) in [5.41, 5.74) is 5.62. The number of amides is 1. The van der Waals surface area contributed by atoms with E-state index in [1.807, 2.05) is 0 Å². The zero-order chi connectivity index (χ0) is 13.9. The van der Waals surface area contributed by atoms with Crippen LogP contribution in [-0.2, 0) is 4.79 Å². The summed E-state index contributed by atoms with van der Waals surface area (Å²) in [7, 11) is 0. The molecule has 1 aromatic rings.